The Morgan fingerprint density at radius 2 is 1.37 bits per heavy atom. The van der Waals surface area contributed by atoms with Gasteiger partial charge in [-0.05, 0) is 83.7 Å². The fraction of sp³-hybridized carbons (Fsp3) is 0.422. The van der Waals surface area contributed by atoms with Gasteiger partial charge in [0.25, 0.3) is 0 Å². The molecule has 5 heterocycles. The van der Waals surface area contributed by atoms with Gasteiger partial charge in [0.05, 0.1) is 44.3 Å². The van der Waals surface area contributed by atoms with E-state index in [1.807, 2.05) is 0 Å². The van der Waals surface area contributed by atoms with Crippen molar-refractivity contribution in [3.63, 3.8) is 0 Å². The van der Waals surface area contributed by atoms with Gasteiger partial charge in [-0.3, -0.25) is 0 Å². The molecule has 0 saturated heterocycles. The molecule has 4 N–H and O–H groups in total. The maximum Gasteiger partial charge on any atom is 0.417 e. The lowest BCUT2D eigenvalue weighted by Gasteiger charge is -2.51. The molecule has 1 aliphatic rings. The fourth-order valence-electron chi connectivity index (χ4n) is 9.43. The number of halogens is 8. The summed E-state index contributed by atoms with van der Waals surface area (Å²) in [6.07, 6.45) is -12.0. The maximum absolute atomic E-state index is 16.2. The number of alkyl halides is 6. The summed E-state index contributed by atoms with van der Waals surface area (Å²) in [7, 11) is 2.75. The van der Waals surface area contributed by atoms with Gasteiger partial charge in [-0.1, -0.05) is 38.4 Å². The number of nitrogens with zero attached hydrogens (tertiary/aromatic N) is 2. The smallest absolute Gasteiger partial charge is 0.417 e. The third-order valence-corrected chi connectivity index (χ3v) is 12.7. The van der Waals surface area contributed by atoms with Crippen molar-refractivity contribution >= 4 is 33.4 Å². The molecule has 332 valence electrons. The van der Waals surface area contributed by atoms with E-state index in [2.05, 4.69) is 19.9 Å². The molecule has 0 bridgehead atoms. The summed E-state index contributed by atoms with van der Waals surface area (Å²) in [6.45, 7) is 5.80. The first-order valence-electron chi connectivity index (χ1n) is 19.7. The topological polar surface area (TPSA) is 126 Å². The molecule has 9 nitrogen and oxygen atoms in total. The molecule has 4 aromatic heterocycles. The van der Waals surface area contributed by atoms with E-state index in [-0.39, 0.29) is 51.7 Å². The second-order valence-electron chi connectivity index (χ2n) is 17.2. The van der Waals surface area contributed by atoms with Crippen molar-refractivity contribution in [1.29, 1.82) is 0 Å². The first-order valence-corrected chi connectivity index (χ1v) is 20.1. The zero-order chi connectivity index (χ0) is 45.2. The van der Waals surface area contributed by atoms with Crippen molar-refractivity contribution in [2.24, 2.45) is 5.92 Å². The zero-order valence-electron chi connectivity index (χ0n) is 34.7. The van der Waals surface area contributed by atoms with Gasteiger partial charge in [-0.15, -0.1) is 0 Å². The summed E-state index contributed by atoms with van der Waals surface area (Å²) < 4.78 is 127. The summed E-state index contributed by atoms with van der Waals surface area (Å²) in [5, 5.41) is 25.8. The molecule has 2 aromatic carbocycles. The van der Waals surface area contributed by atoms with Crippen LogP contribution < -0.4 is 14.2 Å². The number of hydrogen-bond acceptors (Lipinski definition) is 7. The van der Waals surface area contributed by atoms with Crippen molar-refractivity contribution in [1.82, 2.24) is 19.9 Å². The van der Waals surface area contributed by atoms with Gasteiger partial charge in [0.1, 0.15) is 11.6 Å². The number of aryl methyl sites for hydroxylation is 1. The first kappa shape index (κ1) is 45.0. The van der Waals surface area contributed by atoms with E-state index in [0.29, 0.717) is 39.4 Å². The summed E-state index contributed by atoms with van der Waals surface area (Å²) in [6, 6.07) is 12.3. The van der Waals surface area contributed by atoms with Gasteiger partial charge < -0.3 is 34.4 Å². The minimum Gasteiger partial charge on any atom is -0.493 e. The van der Waals surface area contributed by atoms with E-state index < -0.39 is 71.8 Å². The SMILES string of the molecule is COc1cc2cc(CC(O)(CC(C)(CC(C(C)(C)c3cc(F)ccc3C)C(O)(Cc3cc4cc(OC)ncc4[nH]3)C(F)(F)F)c3cc(Cl)cc4c3OCC4)C(F)(F)F)[nH]c2cn1. The molecular weight excluding hydrogens is 845 g/mol. The lowest BCUT2D eigenvalue weighted by Crippen LogP contribution is -2.60. The molecular formula is C45H46ClF7N4O5. The van der Waals surface area contributed by atoms with Crippen LogP contribution in [0, 0.1) is 18.7 Å². The molecule has 6 aromatic rings. The Kier molecular flexibility index (Phi) is 11.6. The molecule has 0 fully saturated rings. The van der Waals surface area contributed by atoms with Crippen LogP contribution in [0.2, 0.25) is 5.02 Å². The zero-order valence-corrected chi connectivity index (χ0v) is 35.5. The molecule has 17 heteroatoms. The Morgan fingerprint density at radius 1 is 0.790 bits per heavy atom. The standard InChI is InChI=1S/C45H46ClF7N4O5/c1-24-7-8-29(47)17-32(24)40(2,3)36(43(59,45(51,52)53)19-31-13-27-15-38(61-6)55-22-35(27)57-31)20-41(4,33-16-28(46)11-25-9-10-62-39(25)33)23-42(58,44(48,49)50)18-30-12-26-14-37(60-5)54-21-34(26)56-30/h7-8,11-17,21-22,36,56-59H,9-10,18-20,23H2,1-6H3. The third kappa shape index (κ3) is 8.28. The molecule has 62 heavy (non-hydrogen) atoms. The number of ether oxygens (including phenoxy) is 3. The first-order chi connectivity index (χ1) is 28.9. The van der Waals surface area contributed by atoms with Crippen LogP contribution in [-0.4, -0.2) is 74.5 Å². The molecule has 7 rings (SSSR count). The maximum atomic E-state index is 16.2. The number of pyridine rings is 2. The predicted molar refractivity (Wildman–Crippen MR) is 220 cm³/mol. The van der Waals surface area contributed by atoms with Crippen molar-refractivity contribution < 1.29 is 55.2 Å². The summed E-state index contributed by atoms with van der Waals surface area (Å²) in [5.41, 5.74) is -9.74. The quantitative estimate of drug-likeness (QED) is 0.0803. The average molecular weight is 891 g/mol. The van der Waals surface area contributed by atoms with Crippen molar-refractivity contribution in [3.8, 4) is 17.5 Å². The van der Waals surface area contributed by atoms with Crippen LogP contribution in [0.3, 0.4) is 0 Å². The van der Waals surface area contributed by atoms with Gasteiger partial charge in [-0.25, -0.2) is 14.4 Å². The van der Waals surface area contributed by atoms with Crippen molar-refractivity contribution in [2.75, 3.05) is 20.8 Å². The van der Waals surface area contributed by atoms with E-state index in [4.69, 9.17) is 25.8 Å². The Bertz CT molecular complexity index is 2630. The van der Waals surface area contributed by atoms with Crippen LogP contribution in [-0.2, 0) is 30.1 Å². The van der Waals surface area contributed by atoms with Gasteiger partial charge >= 0.3 is 12.4 Å². The number of aliphatic hydroxyl groups is 2. The Balaban J connectivity index is 1.45. The van der Waals surface area contributed by atoms with Crippen LogP contribution >= 0.6 is 11.6 Å². The number of methoxy groups -OCH3 is 2. The largest absolute Gasteiger partial charge is 0.493 e. The van der Waals surface area contributed by atoms with Crippen LogP contribution in [0.15, 0.2) is 67.0 Å². The fourth-order valence-corrected chi connectivity index (χ4v) is 9.67. The molecule has 0 saturated carbocycles. The molecule has 0 aliphatic carbocycles. The summed E-state index contributed by atoms with van der Waals surface area (Å²) >= 11 is 6.64. The number of nitrogens with one attached hydrogen (secondary N) is 2. The van der Waals surface area contributed by atoms with Crippen LogP contribution in [0.25, 0.3) is 21.8 Å². The number of hydrogen-bond donors (Lipinski definition) is 4. The molecule has 0 radical (unpaired) electrons. The molecule has 0 amide bonds. The summed E-state index contributed by atoms with van der Waals surface area (Å²) in [5.74, 6) is -2.33. The van der Waals surface area contributed by atoms with Gasteiger partial charge in [0.15, 0.2) is 11.2 Å². The number of benzene rings is 2. The van der Waals surface area contributed by atoms with Crippen molar-refractivity contribution in [3.05, 3.63) is 111 Å². The molecule has 4 atom stereocenters. The van der Waals surface area contributed by atoms with Gasteiger partial charge in [0.2, 0.25) is 11.8 Å². The van der Waals surface area contributed by atoms with Gasteiger partial charge in [-0.2, -0.15) is 26.3 Å². The highest BCUT2D eigenvalue weighted by atomic mass is 35.5. The van der Waals surface area contributed by atoms with E-state index in [1.165, 1.54) is 83.8 Å². The molecule has 0 spiro atoms. The lowest BCUT2D eigenvalue weighted by atomic mass is 9.56. The van der Waals surface area contributed by atoms with E-state index in [9.17, 15) is 10.2 Å². The lowest BCUT2D eigenvalue weighted by molar-refractivity contribution is -0.291. The number of aromatic nitrogens is 4. The van der Waals surface area contributed by atoms with Gasteiger partial charge in [0, 0.05) is 70.1 Å². The monoisotopic (exact) mass is 890 g/mol. The highest BCUT2D eigenvalue weighted by Gasteiger charge is 2.65. The number of H-pyrrole nitrogens is 2. The second-order valence-corrected chi connectivity index (χ2v) is 17.7. The Morgan fingerprint density at radius 3 is 1.92 bits per heavy atom. The van der Waals surface area contributed by atoms with E-state index in [1.54, 1.807) is 13.0 Å². The predicted octanol–water partition coefficient (Wildman–Crippen LogP) is 10.2. The average Bonchev–Trinajstić information content (AvgIpc) is 3.93. The van der Waals surface area contributed by atoms with Crippen molar-refractivity contribution in [2.45, 2.75) is 94.2 Å². The highest BCUT2D eigenvalue weighted by Crippen LogP contribution is 2.57. The molecule has 1 aliphatic heterocycles. The minimum absolute atomic E-state index is 0.0100. The third-order valence-electron chi connectivity index (χ3n) is 12.5. The van der Waals surface area contributed by atoms with E-state index >= 15 is 30.7 Å². The number of rotatable bonds is 14. The van der Waals surface area contributed by atoms with Crippen LogP contribution in [0.5, 0.6) is 17.5 Å². The normalized spacial score (nSPS) is 17.0. The molecule has 4 unspecified atom stereocenters. The summed E-state index contributed by atoms with van der Waals surface area (Å²) in [4.78, 5) is 14.0. The highest BCUT2D eigenvalue weighted by molar-refractivity contribution is 6.30. The van der Waals surface area contributed by atoms with Crippen LogP contribution in [0.1, 0.15) is 67.3 Å². The minimum atomic E-state index is -5.45. The Labute approximate surface area is 357 Å². The van der Waals surface area contributed by atoms with Crippen LogP contribution in [0.4, 0.5) is 30.7 Å². The Hall–Kier alpha value is -5.06. The number of fused-ring (bicyclic) bond motifs is 3. The number of aromatic amines is 2. The second kappa shape index (κ2) is 15.9. The van der Waals surface area contributed by atoms with E-state index in [0.717, 1.165) is 12.1 Å².